The SMILES string of the molecule is COC(=O)c1cccnc1OC[C@@H]1CN(C(=O)OC(C)(C)C)CCO[C@H]1c1ccc(Cl)c(F)c1. The molecule has 1 aromatic heterocycles. The summed E-state index contributed by atoms with van der Waals surface area (Å²) < 4.78 is 36.5. The van der Waals surface area contributed by atoms with Crippen molar-refractivity contribution >= 4 is 23.7 Å². The molecule has 1 aliphatic heterocycles. The van der Waals surface area contributed by atoms with Crippen LogP contribution >= 0.6 is 11.6 Å². The second-order valence-corrected chi connectivity index (χ2v) is 9.22. The molecule has 8 nitrogen and oxygen atoms in total. The molecule has 34 heavy (non-hydrogen) atoms. The van der Waals surface area contributed by atoms with Gasteiger partial charge in [-0.1, -0.05) is 17.7 Å². The number of halogens is 2. The predicted octanol–water partition coefficient (Wildman–Crippen LogP) is 4.66. The van der Waals surface area contributed by atoms with Crippen LogP contribution in [0.4, 0.5) is 9.18 Å². The van der Waals surface area contributed by atoms with Gasteiger partial charge in [0.2, 0.25) is 5.88 Å². The molecule has 1 saturated heterocycles. The van der Waals surface area contributed by atoms with Crippen LogP contribution in [0.1, 0.15) is 42.8 Å². The van der Waals surface area contributed by atoms with Crippen molar-refractivity contribution < 1.29 is 32.9 Å². The maximum absolute atomic E-state index is 14.2. The molecule has 1 aromatic carbocycles. The smallest absolute Gasteiger partial charge is 0.410 e. The first-order chi connectivity index (χ1) is 16.1. The van der Waals surface area contributed by atoms with Gasteiger partial charge in [0, 0.05) is 25.2 Å². The van der Waals surface area contributed by atoms with Crippen LogP contribution in [0.2, 0.25) is 5.02 Å². The molecule has 0 saturated carbocycles. The second-order valence-electron chi connectivity index (χ2n) is 8.81. The molecule has 0 spiro atoms. The highest BCUT2D eigenvalue weighted by molar-refractivity contribution is 6.30. The van der Waals surface area contributed by atoms with Crippen molar-refractivity contribution in [1.29, 1.82) is 0 Å². The number of aromatic nitrogens is 1. The third kappa shape index (κ3) is 6.57. The maximum atomic E-state index is 14.2. The molecule has 1 amide bonds. The number of amides is 1. The molecule has 1 aliphatic rings. The zero-order valence-electron chi connectivity index (χ0n) is 19.5. The van der Waals surface area contributed by atoms with Crippen LogP contribution in [-0.2, 0) is 14.2 Å². The van der Waals surface area contributed by atoms with Gasteiger partial charge >= 0.3 is 12.1 Å². The van der Waals surface area contributed by atoms with E-state index in [0.717, 1.165) is 0 Å². The Hall–Kier alpha value is -2.91. The minimum Gasteiger partial charge on any atom is -0.477 e. The molecule has 0 radical (unpaired) electrons. The van der Waals surface area contributed by atoms with E-state index in [4.69, 9.17) is 30.5 Å². The van der Waals surface area contributed by atoms with E-state index in [2.05, 4.69) is 4.98 Å². The largest absolute Gasteiger partial charge is 0.477 e. The van der Waals surface area contributed by atoms with Crippen LogP contribution in [0, 0.1) is 11.7 Å². The average molecular weight is 495 g/mol. The highest BCUT2D eigenvalue weighted by Crippen LogP contribution is 2.32. The van der Waals surface area contributed by atoms with Crippen molar-refractivity contribution in [3.05, 3.63) is 58.5 Å². The lowest BCUT2D eigenvalue weighted by Gasteiger charge is -2.29. The molecule has 2 aromatic rings. The Kier molecular flexibility index (Phi) is 8.33. The summed E-state index contributed by atoms with van der Waals surface area (Å²) in [4.78, 5) is 30.5. The molecule has 0 unspecified atom stereocenters. The zero-order valence-corrected chi connectivity index (χ0v) is 20.3. The normalized spacial score (nSPS) is 18.7. The van der Waals surface area contributed by atoms with E-state index in [9.17, 15) is 14.0 Å². The number of benzene rings is 1. The summed E-state index contributed by atoms with van der Waals surface area (Å²) in [6.45, 7) is 6.09. The monoisotopic (exact) mass is 494 g/mol. The van der Waals surface area contributed by atoms with E-state index < -0.39 is 35.5 Å². The van der Waals surface area contributed by atoms with Gasteiger partial charge in [-0.15, -0.1) is 0 Å². The Morgan fingerprint density at radius 3 is 2.74 bits per heavy atom. The summed E-state index contributed by atoms with van der Waals surface area (Å²) in [7, 11) is 1.27. The number of methoxy groups -OCH3 is 1. The van der Waals surface area contributed by atoms with Crippen LogP contribution in [0.25, 0.3) is 0 Å². The molecule has 0 aliphatic carbocycles. The standard InChI is InChI=1S/C24H28ClFN2O6/c1-24(2,3)34-23(30)28-10-11-32-20(15-7-8-18(25)19(26)12-15)16(13-28)14-33-21-17(22(29)31-4)6-5-9-27-21/h5-9,12,16,20H,10-11,13-14H2,1-4H3/t16-,20-/m0/s1. The number of carbonyl (C=O) groups is 2. The highest BCUT2D eigenvalue weighted by Gasteiger charge is 2.34. The van der Waals surface area contributed by atoms with Crippen molar-refractivity contribution in [2.45, 2.75) is 32.5 Å². The van der Waals surface area contributed by atoms with Gasteiger partial charge < -0.3 is 23.8 Å². The van der Waals surface area contributed by atoms with Gasteiger partial charge in [0.15, 0.2) is 0 Å². The van der Waals surface area contributed by atoms with Crippen LogP contribution < -0.4 is 4.74 Å². The average Bonchev–Trinajstić information content (AvgIpc) is 3.01. The molecule has 2 atom stereocenters. The molecule has 1 fully saturated rings. The lowest BCUT2D eigenvalue weighted by atomic mass is 9.95. The van der Waals surface area contributed by atoms with Gasteiger partial charge in [0.25, 0.3) is 0 Å². The molecular formula is C24H28ClFN2O6. The zero-order chi connectivity index (χ0) is 24.9. The van der Waals surface area contributed by atoms with E-state index in [-0.39, 0.29) is 42.8 Å². The number of hydrogen-bond acceptors (Lipinski definition) is 7. The molecule has 184 valence electrons. The van der Waals surface area contributed by atoms with E-state index in [1.54, 1.807) is 32.9 Å². The fourth-order valence-electron chi connectivity index (χ4n) is 3.54. The van der Waals surface area contributed by atoms with Crippen LogP contribution in [0.3, 0.4) is 0 Å². The fourth-order valence-corrected chi connectivity index (χ4v) is 3.66. The summed E-state index contributed by atoms with van der Waals surface area (Å²) in [5.74, 6) is -1.52. The maximum Gasteiger partial charge on any atom is 0.410 e. The Labute approximate surface area is 202 Å². The summed E-state index contributed by atoms with van der Waals surface area (Å²) in [5, 5.41) is -0.00300. The number of ether oxygens (including phenoxy) is 4. The number of carbonyl (C=O) groups excluding carboxylic acids is 2. The molecule has 0 N–H and O–H groups in total. The Morgan fingerprint density at radius 2 is 2.06 bits per heavy atom. The number of pyridine rings is 1. The van der Waals surface area contributed by atoms with Crippen molar-refractivity contribution in [2.75, 3.05) is 33.4 Å². The van der Waals surface area contributed by atoms with Gasteiger partial charge in [-0.3, -0.25) is 0 Å². The Morgan fingerprint density at radius 1 is 1.29 bits per heavy atom. The van der Waals surface area contributed by atoms with Crippen molar-refractivity contribution in [3.8, 4) is 5.88 Å². The van der Waals surface area contributed by atoms with E-state index in [1.165, 1.54) is 36.4 Å². The van der Waals surface area contributed by atoms with E-state index in [0.29, 0.717) is 5.56 Å². The quantitative estimate of drug-likeness (QED) is 0.558. The Balaban J connectivity index is 1.88. The molecule has 2 heterocycles. The number of rotatable bonds is 5. The number of hydrogen-bond donors (Lipinski definition) is 0. The molecule has 0 bridgehead atoms. The predicted molar refractivity (Wildman–Crippen MR) is 122 cm³/mol. The summed E-state index contributed by atoms with van der Waals surface area (Å²) in [5.41, 5.74) is 0.0478. The molecular weight excluding hydrogens is 467 g/mol. The van der Waals surface area contributed by atoms with Crippen molar-refractivity contribution in [2.24, 2.45) is 5.92 Å². The summed E-state index contributed by atoms with van der Waals surface area (Å²) >= 11 is 5.85. The third-order valence-electron chi connectivity index (χ3n) is 5.08. The number of nitrogens with zero attached hydrogens (tertiary/aromatic N) is 2. The topological polar surface area (TPSA) is 87.2 Å². The van der Waals surface area contributed by atoms with E-state index in [1.807, 2.05) is 0 Å². The first kappa shape index (κ1) is 25.7. The van der Waals surface area contributed by atoms with Crippen LogP contribution in [0.15, 0.2) is 36.5 Å². The van der Waals surface area contributed by atoms with Crippen molar-refractivity contribution in [1.82, 2.24) is 9.88 Å². The van der Waals surface area contributed by atoms with Crippen LogP contribution in [0.5, 0.6) is 5.88 Å². The number of esters is 1. The second kappa shape index (κ2) is 11.0. The Bertz CT molecular complexity index is 1030. The first-order valence-electron chi connectivity index (χ1n) is 10.8. The molecule has 10 heteroatoms. The van der Waals surface area contributed by atoms with Gasteiger partial charge in [-0.05, 0) is 50.6 Å². The van der Waals surface area contributed by atoms with Gasteiger partial charge in [0.05, 0.1) is 31.5 Å². The van der Waals surface area contributed by atoms with Gasteiger partial charge in [-0.25, -0.2) is 19.0 Å². The van der Waals surface area contributed by atoms with E-state index >= 15 is 0 Å². The lowest BCUT2D eigenvalue weighted by molar-refractivity contribution is 0.0138. The van der Waals surface area contributed by atoms with Crippen molar-refractivity contribution in [3.63, 3.8) is 0 Å². The molecule has 3 rings (SSSR count). The third-order valence-corrected chi connectivity index (χ3v) is 5.38. The summed E-state index contributed by atoms with van der Waals surface area (Å²) in [6, 6.07) is 7.57. The lowest BCUT2D eigenvalue weighted by Crippen LogP contribution is -2.41. The van der Waals surface area contributed by atoms with Gasteiger partial charge in [0.1, 0.15) is 17.0 Å². The van der Waals surface area contributed by atoms with Gasteiger partial charge in [-0.2, -0.15) is 0 Å². The van der Waals surface area contributed by atoms with Crippen LogP contribution in [-0.4, -0.2) is 61.0 Å². The first-order valence-corrected chi connectivity index (χ1v) is 11.2. The minimum absolute atomic E-state index is 0.00300. The minimum atomic E-state index is -0.668. The highest BCUT2D eigenvalue weighted by atomic mass is 35.5. The summed E-state index contributed by atoms with van der Waals surface area (Å²) in [6.07, 6.45) is 0.395. The fraction of sp³-hybridized carbons (Fsp3) is 0.458.